The van der Waals surface area contributed by atoms with Gasteiger partial charge in [0, 0.05) is 63.6 Å². The third-order valence-electron chi connectivity index (χ3n) is 10.3. The Bertz CT molecular complexity index is 1190. The fourth-order valence-corrected chi connectivity index (χ4v) is 8.51. The van der Waals surface area contributed by atoms with Crippen LogP contribution in [0.15, 0.2) is 41.8 Å². The maximum absolute atomic E-state index is 13.7. The molecule has 0 spiro atoms. The molecule has 4 unspecified atom stereocenters. The summed E-state index contributed by atoms with van der Waals surface area (Å²) in [6, 6.07) is 13.2. The van der Waals surface area contributed by atoms with Gasteiger partial charge in [-0.05, 0) is 77.0 Å². The van der Waals surface area contributed by atoms with E-state index < -0.39 is 0 Å². The standard InChI is InChI=1S/C32H41N3O3S/c1-32(2,3)21-8-6-20(7-9-21)30(36)34-15-23-24(16-34)25(23)19-35(31(37)28-5-4-14-39-28)29-26-17-33(18-27(26)29)22-10-12-38-13-11-22/h4-9,14,22-27,29H,10-13,15-19H2,1-3H3. The van der Waals surface area contributed by atoms with Gasteiger partial charge in [0.1, 0.15) is 0 Å². The third kappa shape index (κ3) is 4.74. The van der Waals surface area contributed by atoms with Gasteiger partial charge in [0.15, 0.2) is 0 Å². The summed E-state index contributed by atoms with van der Waals surface area (Å²) in [7, 11) is 0. The van der Waals surface area contributed by atoms with Crippen molar-refractivity contribution < 1.29 is 14.3 Å². The average molecular weight is 548 g/mol. The van der Waals surface area contributed by atoms with Crippen molar-refractivity contribution in [2.45, 2.75) is 51.1 Å². The summed E-state index contributed by atoms with van der Waals surface area (Å²) in [5.74, 6) is 3.18. The first-order valence-electron chi connectivity index (χ1n) is 14.9. The normalized spacial score (nSPS) is 32.1. The van der Waals surface area contributed by atoms with Crippen molar-refractivity contribution in [1.82, 2.24) is 14.7 Å². The van der Waals surface area contributed by atoms with Crippen molar-refractivity contribution >= 4 is 23.2 Å². The van der Waals surface area contributed by atoms with Gasteiger partial charge in [-0.25, -0.2) is 0 Å². The lowest BCUT2D eigenvalue weighted by Gasteiger charge is -2.34. The zero-order chi connectivity index (χ0) is 26.9. The number of likely N-dealkylation sites (tertiary alicyclic amines) is 2. The van der Waals surface area contributed by atoms with Crippen LogP contribution < -0.4 is 0 Å². The molecule has 4 atom stereocenters. The largest absolute Gasteiger partial charge is 0.381 e. The lowest BCUT2D eigenvalue weighted by molar-refractivity contribution is 0.0340. The van der Waals surface area contributed by atoms with E-state index in [2.05, 4.69) is 42.7 Å². The molecule has 2 saturated carbocycles. The molecule has 0 bridgehead atoms. The Kier molecular flexibility index (Phi) is 6.40. The van der Waals surface area contributed by atoms with Crippen LogP contribution in [-0.4, -0.2) is 84.5 Å². The van der Waals surface area contributed by atoms with Crippen molar-refractivity contribution in [3.63, 3.8) is 0 Å². The third-order valence-corrected chi connectivity index (χ3v) is 11.2. The molecule has 1 aromatic heterocycles. The molecule has 7 heteroatoms. The zero-order valence-corrected chi connectivity index (χ0v) is 24.2. The second-order valence-corrected chi connectivity index (χ2v) is 14.5. The fraction of sp³-hybridized carbons (Fsp3) is 0.625. The molecular formula is C32H41N3O3S. The first kappa shape index (κ1) is 25.7. The molecule has 5 aliphatic rings. The molecule has 5 fully saturated rings. The van der Waals surface area contributed by atoms with E-state index in [1.165, 1.54) is 5.56 Å². The molecule has 2 amide bonds. The molecule has 7 rings (SSSR count). The molecule has 0 N–H and O–H groups in total. The van der Waals surface area contributed by atoms with Crippen LogP contribution in [0.3, 0.4) is 0 Å². The van der Waals surface area contributed by atoms with E-state index in [0.29, 0.717) is 41.7 Å². The van der Waals surface area contributed by atoms with Crippen molar-refractivity contribution in [3.8, 4) is 0 Å². The van der Waals surface area contributed by atoms with Crippen molar-refractivity contribution in [2.75, 3.05) is 45.9 Å². The molecule has 2 aromatic rings. The highest BCUT2D eigenvalue weighted by Crippen LogP contribution is 2.56. The minimum Gasteiger partial charge on any atom is -0.381 e. The van der Waals surface area contributed by atoms with Gasteiger partial charge in [0.2, 0.25) is 0 Å². The molecule has 0 radical (unpaired) electrons. The first-order chi connectivity index (χ1) is 18.8. The van der Waals surface area contributed by atoms with Crippen LogP contribution in [0.1, 0.15) is 59.2 Å². The topological polar surface area (TPSA) is 53.1 Å². The zero-order valence-electron chi connectivity index (χ0n) is 23.4. The van der Waals surface area contributed by atoms with Gasteiger partial charge in [0.25, 0.3) is 11.8 Å². The quantitative estimate of drug-likeness (QED) is 0.530. The molecule has 4 heterocycles. The Morgan fingerprint density at radius 1 is 0.949 bits per heavy atom. The van der Waals surface area contributed by atoms with Crippen molar-refractivity contribution in [2.24, 2.45) is 29.6 Å². The van der Waals surface area contributed by atoms with E-state index in [1.54, 1.807) is 11.3 Å². The van der Waals surface area contributed by atoms with Gasteiger partial charge < -0.3 is 14.5 Å². The predicted molar refractivity (Wildman–Crippen MR) is 153 cm³/mol. The molecule has 2 aliphatic carbocycles. The summed E-state index contributed by atoms with van der Waals surface area (Å²) in [4.78, 5) is 34.7. The lowest BCUT2D eigenvalue weighted by Crippen LogP contribution is -2.44. The van der Waals surface area contributed by atoms with Crippen LogP contribution in [0.4, 0.5) is 0 Å². The second-order valence-electron chi connectivity index (χ2n) is 13.6. The minimum atomic E-state index is 0.0830. The SMILES string of the molecule is CC(C)(C)c1ccc(C(=O)N2CC3C(C2)C3CN(C(=O)c2cccs2)C2C3CN(C4CCOCC4)CC32)cc1. The monoisotopic (exact) mass is 547 g/mol. The van der Waals surface area contributed by atoms with E-state index in [4.69, 9.17) is 4.74 Å². The fourth-order valence-electron chi connectivity index (χ4n) is 7.83. The number of piperidine rings is 2. The molecule has 208 valence electrons. The van der Waals surface area contributed by atoms with Gasteiger partial charge in [-0.1, -0.05) is 39.0 Å². The maximum atomic E-state index is 13.7. The minimum absolute atomic E-state index is 0.0830. The second kappa shape index (κ2) is 9.71. The Labute approximate surface area is 236 Å². The number of fused-ring (bicyclic) bond motifs is 2. The lowest BCUT2D eigenvalue weighted by atomic mass is 9.86. The summed E-state index contributed by atoms with van der Waals surface area (Å²) in [5, 5.41) is 2.01. The van der Waals surface area contributed by atoms with Gasteiger partial charge in [0.05, 0.1) is 4.88 Å². The summed E-state index contributed by atoms with van der Waals surface area (Å²) < 4.78 is 5.58. The van der Waals surface area contributed by atoms with Gasteiger partial charge >= 0.3 is 0 Å². The number of carbonyl (C=O) groups excluding carboxylic acids is 2. The maximum Gasteiger partial charge on any atom is 0.264 e. The van der Waals surface area contributed by atoms with Crippen LogP contribution >= 0.6 is 11.3 Å². The molecule has 3 aliphatic heterocycles. The average Bonchev–Trinajstić information content (AvgIpc) is 3.45. The van der Waals surface area contributed by atoms with Crippen LogP contribution in [-0.2, 0) is 10.2 Å². The number of thiophene rings is 1. The molecule has 1 aromatic carbocycles. The Morgan fingerprint density at radius 2 is 1.62 bits per heavy atom. The van der Waals surface area contributed by atoms with Crippen LogP contribution in [0.5, 0.6) is 0 Å². The molecular weight excluding hydrogens is 506 g/mol. The van der Waals surface area contributed by atoms with E-state index in [0.717, 1.165) is 69.2 Å². The number of rotatable bonds is 6. The summed E-state index contributed by atoms with van der Waals surface area (Å²) >= 11 is 1.56. The number of amides is 2. The van der Waals surface area contributed by atoms with E-state index in [9.17, 15) is 9.59 Å². The van der Waals surface area contributed by atoms with Gasteiger partial charge in [-0.3, -0.25) is 14.5 Å². The van der Waals surface area contributed by atoms with E-state index in [1.807, 2.05) is 34.5 Å². The number of nitrogens with zero attached hydrogens (tertiary/aromatic N) is 3. The van der Waals surface area contributed by atoms with E-state index in [-0.39, 0.29) is 17.2 Å². The highest BCUT2D eigenvalue weighted by atomic mass is 32.1. The smallest absolute Gasteiger partial charge is 0.264 e. The summed E-state index contributed by atoms with van der Waals surface area (Å²) in [6.07, 6.45) is 2.28. The van der Waals surface area contributed by atoms with Gasteiger partial charge in [-0.15, -0.1) is 11.3 Å². The van der Waals surface area contributed by atoms with Crippen LogP contribution in [0.25, 0.3) is 0 Å². The number of carbonyl (C=O) groups is 2. The Morgan fingerprint density at radius 3 is 2.21 bits per heavy atom. The predicted octanol–water partition coefficient (Wildman–Crippen LogP) is 4.62. The number of hydrogen-bond donors (Lipinski definition) is 0. The van der Waals surface area contributed by atoms with Crippen LogP contribution in [0.2, 0.25) is 0 Å². The number of ether oxygens (including phenoxy) is 1. The molecule has 39 heavy (non-hydrogen) atoms. The molecule has 6 nitrogen and oxygen atoms in total. The van der Waals surface area contributed by atoms with Gasteiger partial charge in [-0.2, -0.15) is 0 Å². The van der Waals surface area contributed by atoms with Crippen molar-refractivity contribution in [3.05, 3.63) is 57.8 Å². The van der Waals surface area contributed by atoms with E-state index >= 15 is 0 Å². The van der Waals surface area contributed by atoms with Crippen molar-refractivity contribution in [1.29, 1.82) is 0 Å². The number of hydrogen-bond acceptors (Lipinski definition) is 5. The highest BCUT2D eigenvalue weighted by molar-refractivity contribution is 7.12. The highest BCUT2D eigenvalue weighted by Gasteiger charge is 2.63. The number of benzene rings is 1. The molecule has 3 saturated heterocycles. The summed E-state index contributed by atoms with van der Waals surface area (Å²) in [5.41, 5.74) is 2.12. The Hall–Kier alpha value is -2.22. The summed E-state index contributed by atoms with van der Waals surface area (Å²) in [6.45, 7) is 13.1. The Balaban J connectivity index is 0.981. The first-order valence-corrected chi connectivity index (χ1v) is 15.7. The van der Waals surface area contributed by atoms with Crippen LogP contribution in [0, 0.1) is 29.6 Å².